The Labute approximate surface area is 240 Å². The number of nitrogens with zero attached hydrogens (tertiary/aromatic N) is 1. The number of fused-ring (bicyclic) bond motifs is 3. The highest BCUT2D eigenvalue weighted by molar-refractivity contribution is 5.86. The molecule has 3 atom stereocenters. The lowest BCUT2D eigenvalue weighted by molar-refractivity contribution is -0.143. The summed E-state index contributed by atoms with van der Waals surface area (Å²) in [5, 5.41) is 12.0. The van der Waals surface area contributed by atoms with Gasteiger partial charge >= 0.3 is 12.1 Å². The highest BCUT2D eigenvalue weighted by atomic mass is 16.5. The predicted octanol–water partition coefficient (Wildman–Crippen LogP) is 5.21. The minimum Gasteiger partial charge on any atom is -0.481 e. The Hall–Kier alpha value is -4.17. The monoisotopic (exact) mass is 556 g/mol. The number of hydrogen-bond donors (Lipinski definition) is 2. The molecule has 0 aromatic heterocycles. The minimum absolute atomic E-state index is 0.00825. The quantitative estimate of drug-likeness (QED) is 0.355. The summed E-state index contributed by atoms with van der Waals surface area (Å²) in [5.74, 6) is -1.40. The molecule has 0 bridgehead atoms. The summed E-state index contributed by atoms with van der Waals surface area (Å²) in [5.41, 5.74) is 5.42. The van der Waals surface area contributed by atoms with Gasteiger partial charge < -0.3 is 24.8 Å². The molecule has 8 heteroatoms. The van der Waals surface area contributed by atoms with E-state index in [1.807, 2.05) is 54.6 Å². The molecule has 1 aliphatic heterocycles. The Morgan fingerprint density at radius 1 is 0.951 bits per heavy atom. The van der Waals surface area contributed by atoms with E-state index in [0.717, 1.165) is 34.2 Å². The molecule has 3 aromatic rings. The van der Waals surface area contributed by atoms with E-state index in [2.05, 4.69) is 29.6 Å². The smallest absolute Gasteiger partial charge is 0.407 e. The zero-order valence-electron chi connectivity index (χ0n) is 23.2. The Bertz CT molecular complexity index is 1330. The Balaban J connectivity index is 1.28. The summed E-state index contributed by atoms with van der Waals surface area (Å²) in [6.45, 7) is 3.00. The largest absolute Gasteiger partial charge is 0.481 e. The van der Waals surface area contributed by atoms with Gasteiger partial charge in [0.05, 0.1) is 12.7 Å². The molecule has 1 saturated heterocycles. The van der Waals surface area contributed by atoms with Crippen molar-refractivity contribution in [1.82, 2.24) is 10.2 Å². The summed E-state index contributed by atoms with van der Waals surface area (Å²) >= 11 is 0. The number of aliphatic carboxylic acids is 1. The number of alkyl carbamates (subject to hydrolysis) is 1. The van der Waals surface area contributed by atoms with Gasteiger partial charge in [0.1, 0.15) is 12.6 Å². The molecular formula is C33H36N2O6. The second kappa shape index (κ2) is 13.0. The number of hydrogen-bond acceptors (Lipinski definition) is 5. The van der Waals surface area contributed by atoms with E-state index in [4.69, 9.17) is 9.47 Å². The second-order valence-electron chi connectivity index (χ2n) is 10.8. The van der Waals surface area contributed by atoms with Crippen LogP contribution in [0.4, 0.5) is 4.79 Å². The van der Waals surface area contributed by atoms with Crippen LogP contribution in [0, 0.1) is 5.92 Å². The van der Waals surface area contributed by atoms with Gasteiger partial charge in [-0.2, -0.15) is 0 Å². The summed E-state index contributed by atoms with van der Waals surface area (Å²) in [6.07, 6.45) is 0.123. The predicted molar refractivity (Wildman–Crippen MR) is 154 cm³/mol. The van der Waals surface area contributed by atoms with E-state index in [9.17, 15) is 19.5 Å². The molecule has 2 amide bonds. The highest BCUT2D eigenvalue weighted by Gasteiger charge is 2.35. The van der Waals surface area contributed by atoms with E-state index in [1.165, 1.54) is 0 Å². The summed E-state index contributed by atoms with van der Waals surface area (Å²) < 4.78 is 11.8. The molecule has 0 radical (unpaired) electrons. The number of carboxylic acids is 1. The molecule has 41 heavy (non-hydrogen) atoms. The third-order valence-corrected chi connectivity index (χ3v) is 8.00. The van der Waals surface area contributed by atoms with Crippen LogP contribution in [0.15, 0.2) is 78.9 Å². The van der Waals surface area contributed by atoms with Gasteiger partial charge in [0.15, 0.2) is 0 Å². The first-order chi connectivity index (χ1) is 19.9. The topological polar surface area (TPSA) is 105 Å². The van der Waals surface area contributed by atoms with Crippen molar-refractivity contribution < 1.29 is 29.0 Å². The van der Waals surface area contributed by atoms with Crippen LogP contribution >= 0.6 is 0 Å². The van der Waals surface area contributed by atoms with Crippen molar-refractivity contribution in [3.63, 3.8) is 0 Å². The zero-order valence-corrected chi connectivity index (χ0v) is 23.2. The van der Waals surface area contributed by atoms with E-state index in [-0.39, 0.29) is 37.4 Å². The molecule has 3 aromatic carbocycles. The minimum atomic E-state index is -0.988. The molecule has 0 saturated carbocycles. The molecule has 5 rings (SSSR count). The third-order valence-electron chi connectivity index (χ3n) is 8.00. The molecule has 2 aliphatic rings. The Morgan fingerprint density at radius 2 is 1.59 bits per heavy atom. The summed E-state index contributed by atoms with van der Waals surface area (Å²) in [4.78, 5) is 39.8. The van der Waals surface area contributed by atoms with Gasteiger partial charge in [-0.05, 0) is 53.5 Å². The normalized spacial score (nSPS) is 17.7. The molecule has 0 spiro atoms. The second-order valence-corrected chi connectivity index (χ2v) is 10.8. The molecule has 1 unspecified atom stereocenters. The van der Waals surface area contributed by atoms with Crippen LogP contribution in [0.1, 0.15) is 48.8 Å². The maximum Gasteiger partial charge on any atom is 0.407 e. The van der Waals surface area contributed by atoms with Crippen LogP contribution in [0.2, 0.25) is 0 Å². The van der Waals surface area contributed by atoms with Gasteiger partial charge in [-0.1, -0.05) is 78.9 Å². The zero-order chi connectivity index (χ0) is 28.8. The number of benzene rings is 3. The number of carbonyl (C=O) groups excluding carboxylic acids is 2. The van der Waals surface area contributed by atoms with Crippen LogP contribution in [0.5, 0.6) is 0 Å². The van der Waals surface area contributed by atoms with Crippen molar-refractivity contribution >= 4 is 18.0 Å². The van der Waals surface area contributed by atoms with Gasteiger partial charge in [-0.25, -0.2) is 4.79 Å². The standard InChI is InChI=1S/C33H36N2O6/c1-22(40-20-23-10-3-2-4-11-23)31(32(38)35-17-9-12-24(19-35)18-30(36)37)34-33(39)41-21-29-27-15-7-5-13-25(27)26-14-6-8-16-28(26)29/h2-8,10-11,13-16,22,24,29,31H,9,12,17-21H2,1H3,(H,34,39)(H,36,37)/t22-,24?,31+/m0/s1. The van der Waals surface area contributed by atoms with Crippen molar-refractivity contribution in [2.45, 2.75) is 50.9 Å². The SMILES string of the molecule is C[C@H](OCc1ccccc1)[C@@H](NC(=O)OCC1c2ccccc2-c2ccccc21)C(=O)N1CCCC(CC(=O)O)C1. The number of likely N-dealkylation sites (tertiary alicyclic amines) is 1. The van der Waals surface area contributed by atoms with Crippen molar-refractivity contribution in [1.29, 1.82) is 0 Å². The molecular weight excluding hydrogens is 520 g/mol. The highest BCUT2D eigenvalue weighted by Crippen LogP contribution is 2.44. The van der Waals surface area contributed by atoms with Crippen LogP contribution < -0.4 is 5.32 Å². The van der Waals surface area contributed by atoms with Crippen LogP contribution in [-0.4, -0.2) is 59.8 Å². The fourth-order valence-electron chi connectivity index (χ4n) is 5.92. The maximum absolute atomic E-state index is 13.7. The number of rotatable bonds is 10. The number of carboxylic acid groups (broad SMARTS) is 1. The lowest BCUT2D eigenvalue weighted by atomic mass is 9.94. The van der Waals surface area contributed by atoms with Gasteiger partial charge in [0, 0.05) is 25.4 Å². The first-order valence-corrected chi connectivity index (χ1v) is 14.2. The first-order valence-electron chi connectivity index (χ1n) is 14.2. The average Bonchev–Trinajstić information content (AvgIpc) is 3.31. The van der Waals surface area contributed by atoms with E-state index < -0.39 is 24.2 Å². The summed E-state index contributed by atoms with van der Waals surface area (Å²) in [6, 6.07) is 24.8. The van der Waals surface area contributed by atoms with Crippen LogP contribution in [-0.2, 0) is 25.7 Å². The van der Waals surface area contributed by atoms with Crippen LogP contribution in [0.3, 0.4) is 0 Å². The number of piperidine rings is 1. The molecule has 1 heterocycles. The fraction of sp³-hybridized carbons (Fsp3) is 0.364. The molecule has 1 fully saturated rings. The number of carbonyl (C=O) groups is 3. The number of ether oxygens (including phenoxy) is 2. The molecule has 1 aliphatic carbocycles. The lowest BCUT2D eigenvalue weighted by Crippen LogP contribution is -2.56. The number of nitrogens with one attached hydrogen (secondary N) is 1. The van der Waals surface area contributed by atoms with Crippen molar-refractivity contribution in [3.05, 3.63) is 95.6 Å². The van der Waals surface area contributed by atoms with Crippen molar-refractivity contribution in [2.24, 2.45) is 5.92 Å². The van der Waals surface area contributed by atoms with Crippen molar-refractivity contribution in [3.8, 4) is 11.1 Å². The lowest BCUT2D eigenvalue weighted by Gasteiger charge is -2.36. The van der Waals surface area contributed by atoms with E-state index in [0.29, 0.717) is 19.5 Å². The number of amides is 2. The van der Waals surface area contributed by atoms with Gasteiger partial charge in [0.2, 0.25) is 5.91 Å². The van der Waals surface area contributed by atoms with Crippen LogP contribution in [0.25, 0.3) is 11.1 Å². The fourth-order valence-corrected chi connectivity index (χ4v) is 5.92. The molecule has 2 N–H and O–H groups in total. The maximum atomic E-state index is 13.7. The Morgan fingerprint density at radius 3 is 2.24 bits per heavy atom. The third kappa shape index (κ3) is 6.77. The average molecular weight is 557 g/mol. The van der Waals surface area contributed by atoms with E-state index >= 15 is 0 Å². The van der Waals surface area contributed by atoms with Gasteiger partial charge in [-0.3, -0.25) is 9.59 Å². The Kier molecular flexibility index (Phi) is 8.99. The molecule has 214 valence electrons. The van der Waals surface area contributed by atoms with Gasteiger partial charge in [0.25, 0.3) is 0 Å². The molecule has 8 nitrogen and oxygen atoms in total. The summed E-state index contributed by atoms with van der Waals surface area (Å²) in [7, 11) is 0. The van der Waals surface area contributed by atoms with E-state index in [1.54, 1.807) is 11.8 Å². The first kappa shape index (κ1) is 28.4. The van der Waals surface area contributed by atoms with Crippen molar-refractivity contribution in [2.75, 3.05) is 19.7 Å². The van der Waals surface area contributed by atoms with Gasteiger partial charge in [-0.15, -0.1) is 0 Å².